The quantitative estimate of drug-likeness (QED) is 0.478. The van der Waals surface area contributed by atoms with Crippen molar-refractivity contribution in [3.05, 3.63) is 60.0 Å². The number of fused-ring (bicyclic) bond motifs is 1. The van der Waals surface area contributed by atoms with Crippen molar-refractivity contribution in [1.29, 1.82) is 0 Å². The largest absolute Gasteiger partial charge is 0.468 e. The first-order chi connectivity index (χ1) is 13.9. The average molecular weight is 397 g/mol. The Bertz CT molecular complexity index is 1040. The van der Waals surface area contributed by atoms with Crippen LogP contribution in [-0.2, 0) is 14.3 Å². The molecule has 1 heterocycles. The van der Waals surface area contributed by atoms with E-state index in [1.54, 1.807) is 12.1 Å². The molecule has 3 aromatic rings. The van der Waals surface area contributed by atoms with Gasteiger partial charge in [0.1, 0.15) is 5.82 Å². The van der Waals surface area contributed by atoms with Gasteiger partial charge in [0.25, 0.3) is 0 Å². The lowest BCUT2D eigenvalue weighted by Gasteiger charge is -2.21. The summed E-state index contributed by atoms with van der Waals surface area (Å²) in [5, 5.41) is 10.2. The van der Waals surface area contributed by atoms with Gasteiger partial charge >= 0.3 is 5.97 Å². The molecule has 1 aromatic heterocycles. The molecular weight excluding hydrogens is 373 g/mol. The fraction of sp³-hybridized carbons (Fsp3) is 0.304. The van der Waals surface area contributed by atoms with E-state index in [4.69, 9.17) is 4.74 Å². The lowest BCUT2D eigenvalue weighted by molar-refractivity contribution is -0.146. The summed E-state index contributed by atoms with van der Waals surface area (Å²) in [5.74, 6) is -2.67. The van der Waals surface area contributed by atoms with Crippen LogP contribution in [0.2, 0.25) is 0 Å². The number of Topliss-reactive ketones (excluding diaryl/α,β-unsaturated/α-hetero) is 1. The molecule has 0 aliphatic rings. The van der Waals surface area contributed by atoms with Gasteiger partial charge in [0.15, 0.2) is 11.7 Å². The fourth-order valence-corrected chi connectivity index (χ4v) is 3.81. The van der Waals surface area contributed by atoms with Crippen molar-refractivity contribution < 1.29 is 23.8 Å². The molecule has 0 amide bonds. The Kier molecular flexibility index (Phi) is 6.13. The number of aliphatic hydroxyl groups excluding tert-OH is 1. The number of hydrogen-bond donors (Lipinski definition) is 1. The molecule has 0 spiro atoms. The minimum Gasteiger partial charge on any atom is -0.468 e. The molecule has 0 aliphatic carbocycles. The number of esters is 1. The third-order valence-corrected chi connectivity index (χ3v) is 4.99. The average Bonchev–Trinajstić information content (AvgIpc) is 3.03. The Balaban J connectivity index is 2.43. The van der Waals surface area contributed by atoms with Crippen molar-refractivity contribution in [2.24, 2.45) is 0 Å². The summed E-state index contributed by atoms with van der Waals surface area (Å²) in [6.45, 7) is 3.57. The molecule has 1 atom stereocenters. The predicted molar refractivity (Wildman–Crippen MR) is 109 cm³/mol. The molecule has 2 aromatic carbocycles. The van der Waals surface area contributed by atoms with Crippen LogP contribution in [0.5, 0.6) is 0 Å². The molecule has 1 unspecified atom stereocenters. The number of ether oxygens (including phenoxy) is 1. The zero-order valence-corrected chi connectivity index (χ0v) is 16.7. The maximum atomic E-state index is 13.6. The lowest BCUT2D eigenvalue weighted by atomic mass is 9.91. The number of aliphatic hydroxyl groups is 1. The molecule has 6 heteroatoms. The Morgan fingerprint density at radius 1 is 1.10 bits per heavy atom. The third kappa shape index (κ3) is 3.80. The summed E-state index contributed by atoms with van der Waals surface area (Å²) in [7, 11) is 1.24. The van der Waals surface area contributed by atoms with Crippen molar-refractivity contribution in [2.75, 3.05) is 13.7 Å². The number of rotatable bonds is 7. The number of methoxy groups -OCH3 is 1. The van der Waals surface area contributed by atoms with Gasteiger partial charge in [0.05, 0.1) is 13.7 Å². The van der Waals surface area contributed by atoms with E-state index < -0.39 is 17.7 Å². The van der Waals surface area contributed by atoms with Crippen LogP contribution in [0, 0.1) is 5.82 Å². The lowest BCUT2D eigenvalue weighted by Crippen LogP contribution is -2.27. The Labute approximate surface area is 168 Å². The monoisotopic (exact) mass is 397 g/mol. The molecule has 0 saturated heterocycles. The number of carbonyl (C=O) groups is 2. The van der Waals surface area contributed by atoms with E-state index in [1.807, 2.05) is 42.7 Å². The minimum absolute atomic E-state index is 0.0572. The molecule has 0 saturated carbocycles. The van der Waals surface area contributed by atoms with Gasteiger partial charge in [0, 0.05) is 34.6 Å². The van der Waals surface area contributed by atoms with E-state index in [9.17, 15) is 19.1 Å². The van der Waals surface area contributed by atoms with Crippen molar-refractivity contribution in [3.8, 4) is 11.1 Å². The van der Waals surface area contributed by atoms with Gasteiger partial charge in [-0.25, -0.2) is 4.39 Å². The van der Waals surface area contributed by atoms with Crippen LogP contribution in [0.4, 0.5) is 4.39 Å². The maximum Gasteiger partial charge on any atom is 0.322 e. The van der Waals surface area contributed by atoms with E-state index in [1.165, 1.54) is 19.2 Å². The van der Waals surface area contributed by atoms with Gasteiger partial charge in [-0.2, -0.15) is 0 Å². The number of nitrogens with zero attached hydrogens (tertiary/aromatic N) is 1. The number of halogens is 1. The highest BCUT2D eigenvalue weighted by Crippen LogP contribution is 2.41. The molecular formula is C23H24FNO4. The van der Waals surface area contributed by atoms with Crippen LogP contribution in [0.15, 0.2) is 48.5 Å². The summed E-state index contributed by atoms with van der Waals surface area (Å²) in [6, 6.07) is 13.5. The minimum atomic E-state index is -1.19. The second-order valence-corrected chi connectivity index (χ2v) is 7.14. The van der Waals surface area contributed by atoms with E-state index >= 15 is 0 Å². The Morgan fingerprint density at radius 3 is 2.34 bits per heavy atom. The first-order valence-corrected chi connectivity index (χ1v) is 9.50. The molecule has 152 valence electrons. The van der Waals surface area contributed by atoms with Gasteiger partial charge < -0.3 is 14.4 Å². The summed E-state index contributed by atoms with van der Waals surface area (Å²) >= 11 is 0. The third-order valence-electron chi connectivity index (χ3n) is 4.99. The van der Waals surface area contributed by atoms with E-state index in [2.05, 4.69) is 0 Å². The highest BCUT2D eigenvalue weighted by molar-refractivity contribution is 6.09. The number of aromatic nitrogens is 1. The van der Waals surface area contributed by atoms with Crippen molar-refractivity contribution in [3.63, 3.8) is 0 Å². The van der Waals surface area contributed by atoms with E-state index in [-0.39, 0.29) is 24.9 Å². The zero-order chi connectivity index (χ0) is 21.1. The highest BCUT2D eigenvalue weighted by atomic mass is 19.1. The Hall–Kier alpha value is -2.99. The van der Waals surface area contributed by atoms with Crippen LogP contribution in [0.1, 0.15) is 37.9 Å². The molecule has 0 fully saturated rings. The molecule has 0 bridgehead atoms. The number of para-hydroxylation sites is 1. The molecule has 5 nitrogen and oxygen atoms in total. The topological polar surface area (TPSA) is 68.5 Å². The summed E-state index contributed by atoms with van der Waals surface area (Å²) in [4.78, 5) is 25.6. The Morgan fingerprint density at radius 2 is 1.76 bits per heavy atom. The van der Waals surface area contributed by atoms with Gasteiger partial charge in [-0.15, -0.1) is 0 Å². The van der Waals surface area contributed by atoms with E-state index in [0.717, 1.165) is 10.9 Å². The molecule has 3 rings (SSSR count). The molecule has 29 heavy (non-hydrogen) atoms. The first kappa shape index (κ1) is 20.7. The maximum absolute atomic E-state index is 13.6. The van der Waals surface area contributed by atoms with Gasteiger partial charge in [-0.05, 0) is 37.6 Å². The fourth-order valence-electron chi connectivity index (χ4n) is 3.81. The van der Waals surface area contributed by atoms with Gasteiger partial charge in [0.2, 0.25) is 0 Å². The molecule has 1 N–H and O–H groups in total. The van der Waals surface area contributed by atoms with Crippen LogP contribution in [0.25, 0.3) is 22.0 Å². The predicted octanol–water partition coefficient (Wildman–Crippen LogP) is 4.24. The number of carbonyl (C=O) groups excluding carboxylic acids is 2. The molecule has 0 radical (unpaired) electrons. The van der Waals surface area contributed by atoms with Crippen molar-refractivity contribution in [2.45, 2.75) is 32.2 Å². The standard InChI is InChI=1S/C23H24FNO4/c1-14(2)25-18-7-5-4-6-17(18)20(15-8-10-16(24)11-9-15)22(25)21(23(28)29-3)19(27)12-13-26/h4-11,14,21,26H,12-13H2,1-3H3. The zero-order valence-electron chi connectivity index (χ0n) is 16.7. The number of benzene rings is 2. The first-order valence-electron chi connectivity index (χ1n) is 9.50. The summed E-state index contributed by atoms with van der Waals surface area (Å²) in [6.07, 6.45) is -0.164. The van der Waals surface area contributed by atoms with Crippen molar-refractivity contribution >= 4 is 22.7 Å². The normalized spacial score (nSPS) is 12.3. The van der Waals surface area contributed by atoms with Crippen LogP contribution < -0.4 is 0 Å². The summed E-state index contributed by atoms with van der Waals surface area (Å²) < 4.78 is 20.5. The number of hydrogen-bond acceptors (Lipinski definition) is 4. The van der Waals surface area contributed by atoms with Crippen LogP contribution in [-0.4, -0.2) is 35.1 Å². The van der Waals surface area contributed by atoms with Crippen LogP contribution >= 0.6 is 0 Å². The number of ketones is 1. The highest BCUT2D eigenvalue weighted by Gasteiger charge is 2.36. The van der Waals surface area contributed by atoms with Crippen molar-refractivity contribution in [1.82, 2.24) is 4.57 Å². The van der Waals surface area contributed by atoms with E-state index in [0.29, 0.717) is 16.8 Å². The van der Waals surface area contributed by atoms with Gasteiger partial charge in [-0.3, -0.25) is 9.59 Å². The van der Waals surface area contributed by atoms with Crippen LogP contribution in [0.3, 0.4) is 0 Å². The summed E-state index contributed by atoms with van der Waals surface area (Å²) in [5.41, 5.74) is 2.75. The smallest absolute Gasteiger partial charge is 0.322 e. The second-order valence-electron chi connectivity index (χ2n) is 7.14. The second kappa shape index (κ2) is 8.57. The van der Waals surface area contributed by atoms with Gasteiger partial charge in [-0.1, -0.05) is 30.3 Å². The SMILES string of the molecule is COC(=O)C(C(=O)CCO)c1c(-c2ccc(F)cc2)c2ccccc2n1C(C)C. The molecule has 0 aliphatic heterocycles.